The van der Waals surface area contributed by atoms with E-state index in [1.807, 2.05) is 13.8 Å². The van der Waals surface area contributed by atoms with E-state index in [1.54, 1.807) is 18.2 Å². The van der Waals surface area contributed by atoms with E-state index >= 15 is 0 Å². The van der Waals surface area contributed by atoms with Crippen LogP contribution in [0.25, 0.3) is 0 Å². The molecule has 0 fully saturated rings. The summed E-state index contributed by atoms with van der Waals surface area (Å²) in [6, 6.07) is 6.68. The zero-order valence-corrected chi connectivity index (χ0v) is 11.3. The molecule has 0 aromatic heterocycles. The van der Waals surface area contributed by atoms with Crippen LogP contribution in [0.1, 0.15) is 20.3 Å². The Hall–Kier alpha value is -1.56. The second kappa shape index (κ2) is 5.86. The molecular weight excluding hydrogens is 250 g/mol. The zero-order chi connectivity index (χ0) is 13.8. The Labute approximate surface area is 110 Å². The van der Waals surface area contributed by atoms with Crippen molar-refractivity contribution >= 4 is 23.3 Å². The fraction of sp³-hybridized carbons (Fsp3) is 0.417. The van der Waals surface area contributed by atoms with Gasteiger partial charge in [0.2, 0.25) is 0 Å². The van der Waals surface area contributed by atoms with Gasteiger partial charge in [-0.05, 0) is 18.2 Å². The summed E-state index contributed by atoms with van der Waals surface area (Å²) in [7, 11) is 0. The lowest BCUT2D eigenvalue weighted by molar-refractivity contribution is -0.387. The lowest BCUT2D eigenvalue weighted by atomic mass is 9.89. The van der Waals surface area contributed by atoms with Crippen LogP contribution in [-0.2, 0) is 0 Å². The molecule has 0 aliphatic carbocycles. The van der Waals surface area contributed by atoms with Crippen LogP contribution in [0.4, 0.5) is 5.69 Å². The molecule has 18 heavy (non-hydrogen) atoms. The molecule has 0 saturated heterocycles. The maximum absolute atomic E-state index is 10.8. The van der Waals surface area contributed by atoms with Crippen LogP contribution in [0, 0.1) is 20.9 Å². The van der Waals surface area contributed by atoms with Gasteiger partial charge in [-0.1, -0.05) is 26.0 Å². The molecule has 0 aliphatic rings. The fourth-order valence-electron chi connectivity index (χ4n) is 1.28. The minimum atomic E-state index is -0.377. The number of para-hydroxylation sites is 1. The first kappa shape index (κ1) is 14.5. The molecule has 0 bridgehead atoms. The molecule has 0 saturated carbocycles. The first-order chi connectivity index (χ1) is 8.34. The number of rotatable bonds is 6. The van der Waals surface area contributed by atoms with E-state index in [0.717, 1.165) is 0 Å². The molecule has 1 aromatic carbocycles. The summed E-state index contributed by atoms with van der Waals surface area (Å²) < 4.78 is 0. The van der Waals surface area contributed by atoms with E-state index in [9.17, 15) is 10.1 Å². The monoisotopic (exact) mass is 267 g/mol. The molecule has 0 heterocycles. The molecule has 0 unspecified atom stereocenters. The standard InChI is InChI=1S/C12H17N3O2S/c1-12(2,11(13)14)7-8-18-10-6-4-3-5-9(10)15(16)17/h3-6H,7-8H2,1-2H3,(H3,13,14). The summed E-state index contributed by atoms with van der Waals surface area (Å²) >= 11 is 1.43. The lowest BCUT2D eigenvalue weighted by Crippen LogP contribution is -2.31. The maximum Gasteiger partial charge on any atom is 0.282 e. The molecule has 0 aliphatic heterocycles. The summed E-state index contributed by atoms with van der Waals surface area (Å²) in [5.41, 5.74) is 5.26. The Kier molecular flexibility index (Phi) is 4.72. The van der Waals surface area contributed by atoms with Crippen LogP contribution < -0.4 is 5.73 Å². The predicted molar refractivity (Wildman–Crippen MR) is 74.1 cm³/mol. The van der Waals surface area contributed by atoms with Crippen LogP contribution >= 0.6 is 11.8 Å². The van der Waals surface area contributed by atoms with Crippen LogP contribution in [0.15, 0.2) is 29.2 Å². The van der Waals surface area contributed by atoms with Gasteiger partial charge in [0.25, 0.3) is 5.69 Å². The highest BCUT2D eigenvalue weighted by Gasteiger charge is 2.22. The van der Waals surface area contributed by atoms with Gasteiger partial charge in [-0.3, -0.25) is 15.5 Å². The van der Waals surface area contributed by atoms with Crippen LogP contribution in [0.3, 0.4) is 0 Å². The van der Waals surface area contributed by atoms with Crippen molar-refractivity contribution in [1.82, 2.24) is 0 Å². The maximum atomic E-state index is 10.8. The summed E-state index contributed by atoms with van der Waals surface area (Å²) in [5, 5.41) is 18.3. The van der Waals surface area contributed by atoms with Gasteiger partial charge in [-0.2, -0.15) is 0 Å². The van der Waals surface area contributed by atoms with Crippen LogP contribution in [-0.4, -0.2) is 16.5 Å². The van der Waals surface area contributed by atoms with Gasteiger partial charge in [0.15, 0.2) is 0 Å². The van der Waals surface area contributed by atoms with Crippen LogP contribution in [0.5, 0.6) is 0 Å². The van der Waals surface area contributed by atoms with Gasteiger partial charge in [-0.25, -0.2) is 0 Å². The molecule has 0 radical (unpaired) electrons. The Morgan fingerprint density at radius 3 is 2.67 bits per heavy atom. The van der Waals surface area contributed by atoms with Gasteiger partial charge >= 0.3 is 0 Å². The lowest BCUT2D eigenvalue weighted by Gasteiger charge is -2.22. The van der Waals surface area contributed by atoms with Gasteiger partial charge in [0.1, 0.15) is 0 Å². The van der Waals surface area contributed by atoms with Crippen molar-refractivity contribution < 1.29 is 4.92 Å². The molecule has 98 valence electrons. The summed E-state index contributed by atoms with van der Waals surface area (Å²) in [4.78, 5) is 11.1. The number of nitro benzene ring substituents is 1. The second-order valence-corrected chi connectivity index (χ2v) is 5.76. The van der Waals surface area contributed by atoms with Crippen molar-refractivity contribution in [3.8, 4) is 0 Å². The first-order valence-corrected chi connectivity index (χ1v) is 6.54. The predicted octanol–water partition coefficient (Wildman–Crippen LogP) is 3.04. The molecule has 6 heteroatoms. The molecular formula is C12H17N3O2S. The van der Waals surface area contributed by atoms with Crippen molar-refractivity contribution in [3.05, 3.63) is 34.4 Å². The fourth-order valence-corrected chi connectivity index (χ4v) is 2.58. The van der Waals surface area contributed by atoms with Gasteiger partial charge in [0.05, 0.1) is 15.7 Å². The van der Waals surface area contributed by atoms with E-state index in [-0.39, 0.29) is 21.9 Å². The number of nitrogens with zero attached hydrogens (tertiary/aromatic N) is 1. The van der Waals surface area contributed by atoms with Gasteiger partial charge < -0.3 is 5.73 Å². The molecule has 0 amide bonds. The molecule has 1 aromatic rings. The molecule has 1 rings (SSSR count). The number of nitrogens with one attached hydrogen (secondary N) is 1. The highest BCUT2D eigenvalue weighted by Crippen LogP contribution is 2.31. The van der Waals surface area contributed by atoms with Gasteiger partial charge in [-0.15, -0.1) is 11.8 Å². The second-order valence-electron chi connectivity index (χ2n) is 4.62. The Morgan fingerprint density at radius 1 is 1.50 bits per heavy atom. The third-order valence-corrected chi connectivity index (χ3v) is 3.84. The largest absolute Gasteiger partial charge is 0.387 e. The summed E-state index contributed by atoms with van der Waals surface area (Å²) in [6.45, 7) is 3.80. The Balaban J connectivity index is 2.65. The Morgan fingerprint density at radius 2 is 2.11 bits per heavy atom. The quantitative estimate of drug-likeness (QED) is 0.272. The minimum Gasteiger partial charge on any atom is -0.387 e. The minimum absolute atomic E-state index is 0.128. The normalized spacial score (nSPS) is 11.2. The number of hydrogen-bond acceptors (Lipinski definition) is 4. The van der Waals surface area contributed by atoms with Gasteiger partial charge in [0, 0.05) is 11.5 Å². The molecule has 3 N–H and O–H groups in total. The number of amidine groups is 1. The van der Waals surface area contributed by atoms with Crippen molar-refractivity contribution in [3.63, 3.8) is 0 Å². The van der Waals surface area contributed by atoms with Crippen molar-refractivity contribution in [1.29, 1.82) is 5.41 Å². The third-order valence-electron chi connectivity index (χ3n) is 2.78. The van der Waals surface area contributed by atoms with E-state index < -0.39 is 0 Å². The third kappa shape index (κ3) is 3.73. The summed E-state index contributed by atoms with van der Waals surface area (Å²) in [5.74, 6) is 0.836. The van der Waals surface area contributed by atoms with Crippen molar-refractivity contribution in [2.24, 2.45) is 11.1 Å². The van der Waals surface area contributed by atoms with Crippen molar-refractivity contribution in [2.75, 3.05) is 5.75 Å². The highest BCUT2D eigenvalue weighted by atomic mass is 32.2. The number of nitrogens with two attached hydrogens (primary N) is 1. The first-order valence-electron chi connectivity index (χ1n) is 5.55. The van der Waals surface area contributed by atoms with Crippen LogP contribution in [0.2, 0.25) is 0 Å². The molecule has 0 atom stereocenters. The average molecular weight is 267 g/mol. The smallest absolute Gasteiger partial charge is 0.282 e. The number of nitro groups is 1. The number of benzene rings is 1. The molecule has 0 spiro atoms. The van der Waals surface area contributed by atoms with E-state index in [0.29, 0.717) is 17.1 Å². The van der Waals surface area contributed by atoms with E-state index in [4.69, 9.17) is 11.1 Å². The SMILES string of the molecule is CC(C)(CCSc1ccccc1[N+](=O)[O-])C(=N)N. The highest BCUT2D eigenvalue weighted by molar-refractivity contribution is 7.99. The number of thioether (sulfide) groups is 1. The summed E-state index contributed by atoms with van der Waals surface area (Å²) in [6.07, 6.45) is 0.707. The molecule has 5 nitrogen and oxygen atoms in total. The van der Waals surface area contributed by atoms with E-state index in [1.165, 1.54) is 17.8 Å². The average Bonchev–Trinajstić information content (AvgIpc) is 2.29. The van der Waals surface area contributed by atoms with Crippen molar-refractivity contribution in [2.45, 2.75) is 25.2 Å². The van der Waals surface area contributed by atoms with E-state index in [2.05, 4.69) is 0 Å². The topological polar surface area (TPSA) is 93.0 Å². The zero-order valence-electron chi connectivity index (χ0n) is 10.5. The Bertz CT molecular complexity index is 460. The number of hydrogen-bond donors (Lipinski definition) is 2.